The average Bonchev–Trinajstić information content (AvgIpc) is 3.45. The first-order chi connectivity index (χ1) is 20.5. The Balaban J connectivity index is 1.24. The molecule has 11 heteroatoms. The minimum atomic E-state index is -4.56. The molecule has 10 nitrogen and oxygen atoms in total. The van der Waals surface area contributed by atoms with Gasteiger partial charge < -0.3 is 33.6 Å². The fraction of sp³-hybridized carbons (Fsp3) is 0.781. The summed E-state index contributed by atoms with van der Waals surface area (Å²) in [6.45, 7) is 3.45. The van der Waals surface area contributed by atoms with Crippen LogP contribution in [0.3, 0.4) is 0 Å². The second kappa shape index (κ2) is 17.8. The van der Waals surface area contributed by atoms with Crippen LogP contribution in [0.25, 0.3) is 0 Å². The van der Waals surface area contributed by atoms with Crippen LogP contribution >= 0.6 is 7.82 Å². The molecule has 3 N–H and O–H groups in total. The van der Waals surface area contributed by atoms with E-state index in [1.54, 1.807) is 12.1 Å². The number of hydrogen-bond donors (Lipinski definition) is 3. The number of esters is 1. The molecule has 0 bridgehead atoms. The van der Waals surface area contributed by atoms with Gasteiger partial charge in [0.25, 0.3) is 0 Å². The molecule has 246 valence electrons. The zero-order chi connectivity index (χ0) is 31.3. The van der Waals surface area contributed by atoms with Crippen LogP contribution in [0.1, 0.15) is 96.0 Å². The summed E-state index contributed by atoms with van der Waals surface area (Å²) in [6.07, 6.45) is 14.0. The lowest BCUT2D eigenvalue weighted by Crippen LogP contribution is -2.41. The Morgan fingerprint density at radius 2 is 1.70 bits per heavy atom. The predicted molar refractivity (Wildman–Crippen MR) is 164 cm³/mol. The molecule has 1 aromatic carbocycles. The Bertz CT molecular complexity index is 999. The first kappa shape index (κ1) is 36.0. The summed E-state index contributed by atoms with van der Waals surface area (Å²) in [6, 6.07) is 7.22. The van der Waals surface area contributed by atoms with Crippen molar-refractivity contribution in [2.75, 3.05) is 34.0 Å². The summed E-state index contributed by atoms with van der Waals surface area (Å²) in [5.41, 5.74) is 1.06. The van der Waals surface area contributed by atoms with E-state index >= 15 is 0 Å². The van der Waals surface area contributed by atoms with Crippen LogP contribution in [0.2, 0.25) is 0 Å². The number of carbonyl (C=O) groups is 1. The molecule has 2 aliphatic rings. The van der Waals surface area contributed by atoms with Crippen molar-refractivity contribution in [2.45, 2.75) is 115 Å². The first-order valence-corrected chi connectivity index (χ1v) is 17.7. The summed E-state index contributed by atoms with van der Waals surface area (Å²) in [5.74, 6) is 1.16. The smallest absolute Gasteiger partial charge is 0.467 e. The molecule has 0 radical (unpaired) electrons. The van der Waals surface area contributed by atoms with Crippen LogP contribution in [0.15, 0.2) is 24.3 Å². The maximum atomic E-state index is 12.3. The summed E-state index contributed by atoms with van der Waals surface area (Å²) in [5, 5.41) is 10.6. The van der Waals surface area contributed by atoms with Gasteiger partial charge in [0.1, 0.15) is 25.4 Å². The molecule has 1 saturated carbocycles. The van der Waals surface area contributed by atoms with E-state index in [1.165, 1.54) is 38.5 Å². The number of unbranched alkanes of at least 4 members (excludes halogenated alkanes) is 6. The van der Waals surface area contributed by atoms with E-state index in [0.717, 1.165) is 50.6 Å². The maximum absolute atomic E-state index is 12.3. The molecule has 5 atom stereocenters. The summed E-state index contributed by atoms with van der Waals surface area (Å²) in [4.78, 5) is 29.8. The molecule has 1 saturated heterocycles. The van der Waals surface area contributed by atoms with Gasteiger partial charge in [0.2, 0.25) is 0 Å². The lowest BCUT2D eigenvalue weighted by molar-refractivity contribution is -0.903. The van der Waals surface area contributed by atoms with Crippen molar-refractivity contribution < 1.29 is 47.5 Å². The molecular formula is C32H55NO9P+. The predicted octanol–water partition coefficient (Wildman–Crippen LogP) is 5.72. The van der Waals surface area contributed by atoms with Gasteiger partial charge in [-0.3, -0.25) is 4.79 Å². The largest absolute Gasteiger partial charge is 0.472 e. The highest BCUT2D eigenvalue weighted by Gasteiger charge is 2.48. The number of aliphatic hydroxyl groups is 1. The van der Waals surface area contributed by atoms with Crippen LogP contribution in [-0.4, -0.2) is 77.7 Å². The lowest BCUT2D eigenvalue weighted by Gasteiger charge is -2.29. The van der Waals surface area contributed by atoms with Crippen molar-refractivity contribution in [1.82, 2.24) is 0 Å². The highest BCUT2D eigenvalue weighted by Crippen LogP contribution is 2.46. The van der Waals surface area contributed by atoms with Gasteiger partial charge in [0, 0.05) is 18.4 Å². The Morgan fingerprint density at radius 1 is 1.00 bits per heavy atom. The SMILES string of the molecule is CCCCCCCCC1[C@H](O)C[C@@H]2O[C@H](CCCCC(=O)OCC[N+](C)(C)Cc3ccc(OCOP(=O)(O)O)cc3)C[C@H]12. The van der Waals surface area contributed by atoms with E-state index in [4.69, 9.17) is 24.0 Å². The minimum absolute atomic E-state index is 0.162. The second-order valence-corrected chi connectivity index (χ2v) is 14.3. The summed E-state index contributed by atoms with van der Waals surface area (Å²) >= 11 is 0. The number of hydrogen-bond acceptors (Lipinski definition) is 7. The zero-order valence-electron chi connectivity index (χ0n) is 26.4. The standard InChI is InChI=1S/C32H54NO9P/c1-4-5-6-7-8-9-13-28-29-21-27(42-31(29)22-30(28)34)12-10-11-14-32(35)39-20-19-33(2,3)23-25-15-17-26(18-16-25)40-24-41-43(36,37)38/h15-18,27-31,34H,4-14,19-24H2,1-3H3,(H-,36,37,38)/p+1/t27-,28?,29-,30-,31+/m1/s1. The molecule has 3 rings (SSSR count). The number of ether oxygens (including phenoxy) is 3. The fourth-order valence-corrected chi connectivity index (χ4v) is 6.73. The molecule has 43 heavy (non-hydrogen) atoms. The highest BCUT2D eigenvalue weighted by molar-refractivity contribution is 7.46. The second-order valence-electron chi connectivity index (χ2n) is 13.0. The number of phosphoric ester groups is 1. The van der Waals surface area contributed by atoms with Crippen molar-refractivity contribution in [1.29, 1.82) is 0 Å². The van der Waals surface area contributed by atoms with Crippen LogP contribution in [0.5, 0.6) is 5.75 Å². The van der Waals surface area contributed by atoms with E-state index in [0.29, 0.717) is 41.6 Å². The molecule has 1 unspecified atom stereocenters. The summed E-state index contributed by atoms with van der Waals surface area (Å²) in [7, 11) is -0.421. The van der Waals surface area contributed by atoms with Crippen molar-refractivity contribution in [2.24, 2.45) is 11.8 Å². The Morgan fingerprint density at radius 3 is 2.42 bits per heavy atom. The quantitative estimate of drug-likeness (QED) is 0.0514. The van der Waals surface area contributed by atoms with Gasteiger partial charge >= 0.3 is 13.8 Å². The van der Waals surface area contributed by atoms with Crippen LogP contribution in [0.4, 0.5) is 0 Å². The zero-order valence-corrected chi connectivity index (χ0v) is 27.3. The van der Waals surface area contributed by atoms with Crippen molar-refractivity contribution >= 4 is 13.8 Å². The molecule has 0 amide bonds. The van der Waals surface area contributed by atoms with Crippen LogP contribution < -0.4 is 4.74 Å². The number of likely N-dealkylation sites (N-methyl/N-ethyl adjacent to an activating group) is 1. The number of fused-ring (bicyclic) bond motifs is 1. The molecule has 0 aromatic heterocycles. The first-order valence-electron chi connectivity index (χ1n) is 16.2. The molecule has 1 heterocycles. The van der Waals surface area contributed by atoms with Crippen LogP contribution in [0, 0.1) is 11.8 Å². The van der Waals surface area contributed by atoms with Gasteiger partial charge in [-0.1, -0.05) is 51.9 Å². The van der Waals surface area contributed by atoms with Gasteiger partial charge in [-0.2, -0.15) is 0 Å². The van der Waals surface area contributed by atoms with Gasteiger partial charge in [0.05, 0.1) is 32.4 Å². The van der Waals surface area contributed by atoms with E-state index in [1.807, 2.05) is 12.1 Å². The van der Waals surface area contributed by atoms with E-state index < -0.39 is 14.6 Å². The van der Waals surface area contributed by atoms with E-state index in [-0.39, 0.29) is 24.3 Å². The van der Waals surface area contributed by atoms with Crippen molar-refractivity contribution in [3.8, 4) is 5.75 Å². The number of quaternary nitrogens is 1. The molecular weight excluding hydrogens is 573 g/mol. The van der Waals surface area contributed by atoms with Gasteiger partial charge in [-0.05, 0) is 61.8 Å². The third-order valence-electron chi connectivity index (χ3n) is 8.89. The number of nitrogens with zero attached hydrogens (tertiary/aromatic N) is 1. The number of aliphatic hydroxyl groups excluding tert-OH is 1. The third kappa shape index (κ3) is 13.6. The molecule has 1 aromatic rings. The van der Waals surface area contributed by atoms with Gasteiger partial charge in [-0.15, -0.1) is 0 Å². The molecule has 0 spiro atoms. The number of rotatable bonds is 21. The Kier molecular flexibility index (Phi) is 14.9. The van der Waals surface area contributed by atoms with E-state index in [9.17, 15) is 14.5 Å². The van der Waals surface area contributed by atoms with E-state index in [2.05, 4.69) is 25.5 Å². The highest BCUT2D eigenvalue weighted by atomic mass is 31.2. The molecule has 1 aliphatic heterocycles. The Labute approximate surface area is 257 Å². The lowest BCUT2D eigenvalue weighted by atomic mass is 9.85. The third-order valence-corrected chi connectivity index (χ3v) is 9.33. The molecule has 1 aliphatic carbocycles. The minimum Gasteiger partial charge on any atom is -0.467 e. The monoisotopic (exact) mass is 628 g/mol. The Hall–Kier alpha value is -1.52. The summed E-state index contributed by atoms with van der Waals surface area (Å²) < 4.78 is 32.7. The fourth-order valence-electron chi connectivity index (χ4n) is 6.54. The normalized spacial score (nSPS) is 23.8. The topological polar surface area (TPSA) is 132 Å². The van der Waals surface area contributed by atoms with Gasteiger partial charge in [0.15, 0.2) is 6.79 Å². The van der Waals surface area contributed by atoms with Crippen molar-refractivity contribution in [3.05, 3.63) is 29.8 Å². The number of carbonyl (C=O) groups excluding carboxylic acids is 1. The molecule has 2 fully saturated rings. The van der Waals surface area contributed by atoms with Gasteiger partial charge in [-0.25, -0.2) is 9.09 Å². The van der Waals surface area contributed by atoms with Crippen LogP contribution in [-0.2, 0) is 29.9 Å². The number of benzene rings is 1. The van der Waals surface area contributed by atoms with Crippen molar-refractivity contribution in [3.63, 3.8) is 0 Å². The average molecular weight is 629 g/mol. The maximum Gasteiger partial charge on any atom is 0.472 e. The number of phosphoric acid groups is 1.